The molecule has 1 aromatic carbocycles. The lowest BCUT2D eigenvalue weighted by atomic mass is 10.0. The first kappa shape index (κ1) is 16.9. The molecular formula is C17H18BrNO2S. The van der Waals surface area contributed by atoms with Gasteiger partial charge < -0.3 is 5.32 Å². The molecule has 0 aliphatic rings. The standard InChI is InChI=1S/C17H18BrNO2S/c1-11-3-4-13(9-12(11)2)15(20)6-8-17(21)19-10-14-5-7-16(18)22-14/h3-5,7,9H,6,8,10H2,1-2H3,(H,19,21). The second-order valence-corrected chi connectivity index (χ2v) is 7.75. The summed E-state index contributed by atoms with van der Waals surface area (Å²) in [6.07, 6.45) is 0.459. The lowest BCUT2D eigenvalue weighted by Crippen LogP contribution is -2.22. The third kappa shape index (κ3) is 4.78. The summed E-state index contributed by atoms with van der Waals surface area (Å²) in [6, 6.07) is 9.58. The van der Waals surface area contributed by atoms with Crippen molar-refractivity contribution in [3.05, 3.63) is 55.7 Å². The summed E-state index contributed by atoms with van der Waals surface area (Å²) in [5, 5.41) is 2.84. The van der Waals surface area contributed by atoms with Gasteiger partial charge in [-0.25, -0.2) is 0 Å². The number of ketones is 1. The average Bonchev–Trinajstić information content (AvgIpc) is 2.91. The van der Waals surface area contributed by atoms with E-state index in [4.69, 9.17) is 0 Å². The van der Waals surface area contributed by atoms with Gasteiger partial charge in [0.1, 0.15) is 0 Å². The fraction of sp³-hybridized carbons (Fsp3) is 0.294. The molecule has 0 aliphatic heterocycles. The largest absolute Gasteiger partial charge is 0.351 e. The molecule has 5 heteroatoms. The van der Waals surface area contributed by atoms with E-state index in [0.717, 1.165) is 19.8 Å². The number of thiophene rings is 1. The number of hydrogen-bond donors (Lipinski definition) is 1. The van der Waals surface area contributed by atoms with Gasteiger partial charge in [0.25, 0.3) is 0 Å². The van der Waals surface area contributed by atoms with Crippen molar-refractivity contribution in [3.8, 4) is 0 Å². The molecule has 0 bridgehead atoms. The van der Waals surface area contributed by atoms with Gasteiger partial charge in [-0.15, -0.1) is 11.3 Å². The van der Waals surface area contributed by atoms with E-state index in [1.165, 1.54) is 0 Å². The molecule has 2 aromatic rings. The molecular weight excluding hydrogens is 362 g/mol. The normalized spacial score (nSPS) is 10.5. The molecule has 1 heterocycles. The first-order chi connectivity index (χ1) is 10.5. The number of halogens is 1. The van der Waals surface area contributed by atoms with E-state index in [0.29, 0.717) is 12.1 Å². The Morgan fingerprint density at radius 3 is 2.50 bits per heavy atom. The van der Waals surface area contributed by atoms with E-state index in [1.807, 2.05) is 44.2 Å². The van der Waals surface area contributed by atoms with Gasteiger partial charge in [0.15, 0.2) is 5.78 Å². The predicted molar refractivity (Wildman–Crippen MR) is 93.3 cm³/mol. The van der Waals surface area contributed by atoms with Crippen LogP contribution in [0.5, 0.6) is 0 Å². The van der Waals surface area contributed by atoms with E-state index in [2.05, 4.69) is 21.2 Å². The number of amides is 1. The minimum atomic E-state index is -0.0956. The van der Waals surface area contributed by atoms with Crippen LogP contribution in [0.25, 0.3) is 0 Å². The average molecular weight is 380 g/mol. The van der Waals surface area contributed by atoms with E-state index < -0.39 is 0 Å². The SMILES string of the molecule is Cc1ccc(C(=O)CCC(=O)NCc2ccc(Br)s2)cc1C. The van der Waals surface area contributed by atoms with Gasteiger partial charge in [-0.2, -0.15) is 0 Å². The van der Waals surface area contributed by atoms with Crippen LogP contribution < -0.4 is 5.32 Å². The van der Waals surface area contributed by atoms with Gasteiger partial charge in [-0.3, -0.25) is 9.59 Å². The molecule has 1 amide bonds. The maximum Gasteiger partial charge on any atom is 0.220 e. The van der Waals surface area contributed by atoms with Crippen molar-refractivity contribution in [1.82, 2.24) is 5.32 Å². The zero-order valence-electron chi connectivity index (χ0n) is 12.6. The molecule has 0 unspecified atom stereocenters. The Hall–Kier alpha value is -1.46. The van der Waals surface area contributed by atoms with Crippen LogP contribution in [0.4, 0.5) is 0 Å². The maximum absolute atomic E-state index is 12.1. The summed E-state index contributed by atoms with van der Waals surface area (Å²) in [6.45, 7) is 4.50. The Balaban J connectivity index is 1.80. The van der Waals surface area contributed by atoms with Gasteiger partial charge in [0.05, 0.1) is 10.3 Å². The number of Topliss-reactive ketones (excluding diaryl/α,β-unsaturated/α-hetero) is 1. The van der Waals surface area contributed by atoms with E-state index in [-0.39, 0.29) is 24.5 Å². The number of carbonyl (C=O) groups is 2. The molecule has 0 saturated carbocycles. The monoisotopic (exact) mass is 379 g/mol. The first-order valence-electron chi connectivity index (χ1n) is 7.07. The summed E-state index contributed by atoms with van der Waals surface area (Å²) in [5.41, 5.74) is 2.94. The van der Waals surface area contributed by atoms with Crippen molar-refractivity contribution in [3.63, 3.8) is 0 Å². The van der Waals surface area contributed by atoms with Crippen molar-refractivity contribution < 1.29 is 9.59 Å². The van der Waals surface area contributed by atoms with Crippen molar-refractivity contribution in [2.75, 3.05) is 0 Å². The summed E-state index contributed by atoms with van der Waals surface area (Å²) in [5.74, 6) is -0.0844. The van der Waals surface area contributed by atoms with Crippen molar-refractivity contribution in [2.45, 2.75) is 33.2 Å². The first-order valence-corrected chi connectivity index (χ1v) is 8.68. The predicted octanol–water partition coefficient (Wildman–Crippen LogP) is 4.41. The van der Waals surface area contributed by atoms with Crippen LogP contribution in [0.1, 0.15) is 39.2 Å². The number of hydrogen-bond acceptors (Lipinski definition) is 3. The van der Waals surface area contributed by atoms with Crippen LogP contribution in [-0.2, 0) is 11.3 Å². The molecule has 0 radical (unpaired) electrons. The summed E-state index contributed by atoms with van der Waals surface area (Å²) >= 11 is 4.98. The molecule has 116 valence electrons. The van der Waals surface area contributed by atoms with E-state index in [1.54, 1.807) is 11.3 Å². The zero-order chi connectivity index (χ0) is 16.1. The Morgan fingerprint density at radius 1 is 1.09 bits per heavy atom. The Kier molecular flexibility index (Phi) is 5.91. The van der Waals surface area contributed by atoms with Crippen LogP contribution in [0.15, 0.2) is 34.1 Å². The molecule has 1 N–H and O–H groups in total. The van der Waals surface area contributed by atoms with Crippen LogP contribution >= 0.6 is 27.3 Å². The maximum atomic E-state index is 12.1. The number of rotatable bonds is 6. The number of carbonyl (C=O) groups excluding carboxylic acids is 2. The molecule has 0 aliphatic carbocycles. The lowest BCUT2D eigenvalue weighted by molar-refractivity contribution is -0.121. The Morgan fingerprint density at radius 2 is 1.86 bits per heavy atom. The minimum absolute atomic E-state index is 0.0112. The second kappa shape index (κ2) is 7.70. The third-order valence-electron chi connectivity index (χ3n) is 3.50. The quantitative estimate of drug-likeness (QED) is 0.755. The summed E-state index contributed by atoms with van der Waals surface area (Å²) < 4.78 is 1.04. The smallest absolute Gasteiger partial charge is 0.220 e. The fourth-order valence-corrected chi connectivity index (χ4v) is 3.43. The molecule has 1 aromatic heterocycles. The fourth-order valence-electron chi connectivity index (χ4n) is 2.01. The van der Waals surface area contributed by atoms with Gasteiger partial charge >= 0.3 is 0 Å². The third-order valence-corrected chi connectivity index (χ3v) is 5.12. The highest BCUT2D eigenvalue weighted by Crippen LogP contribution is 2.21. The van der Waals surface area contributed by atoms with E-state index in [9.17, 15) is 9.59 Å². The van der Waals surface area contributed by atoms with Gasteiger partial charge in [-0.1, -0.05) is 12.1 Å². The van der Waals surface area contributed by atoms with Crippen LogP contribution in [0.2, 0.25) is 0 Å². The molecule has 3 nitrogen and oxygen atoms in total. The topological polar surface area (TPSA) is 46.2 Å². The minimum Gasteiger partial charge on any atom is -0.351 e. The van der Waals surface area contributed by atoms with E-state index >= 15 is 0 Å². The van der Waals surface area contributed by atoms with Crippen molar-refractivity contribution in [1.29, 1.82) is 0 Å². The van der Waals surface area contributed by atoms with Crippen LogP contribution in [0, 0.1) is 13.8 Å². The highest BCUT2D eigenvalue weighted by Gasteiger charge is 2.10. The molecule has 2 rings (SSSR count). The van der Waals surface area contributed by atoms with Gasteiger partial charge in [0.2, 0.25) is 5.91 Å². The molecule has 22 heavy (non-hydrogen) atoms. The molecule has 0 spiro atoms. The second-order valence-electron chi connectivity index (χ2n) is 5.20. The highest BCUT2D eigenvalue weighted by atomic mass is 79.9. The van der Waals surface area contributed by atoms with Crippen LogP contribution in [-0.4, -0.2) is 11.7 Å². The number of nitrogens with one attached hydrogen (secondary N) is 1. The molecule has 0 fully saturated rings. The van der Waals surface area contributed by atoms with Crippen molar-refractivity contribution >= 4 is 39.0 Å². The summed E-state index contributed by atoms with van der Waals surface area (Å²) in [7, 11) is 0. The highest BCUT2D eigenvalue weighted by molar-refractivity contribution is 9.11. The number of benzene rings is 1. The van der Waals surface area contributed by atoms with Crippen molar-refractivity contribution in [2.24, 2.45) is 0 Å². The Labute approximate surface area is 142 Å². The molecule has 0 saturated heterocycles. The summed E-state index contributed by atoms with van der Waals surface area (Å²) in [4.78, 5) is 25.0. The number of aryl methyl sites for hydroxylation is 2. The van der Waals surface area contributed by atoms with Crippen LogP contribution in [0.3, 0.4) is 0 Å². The molecule has 0 atom stereocenters. The van der Waals surface area contributed by atoms with Gasteiger partial charge in [0, 0.05) is 23.3 Å². The lowest BCUT2D eigenvalue weighted by Gasteiger charge is -2.05. The zero-order valence-corrected chi connectivity index (χ0v) is 15.0. The Bertz CT molecular complexity index is 694. The van der Waals surface area contributed by atoms with Gasteiger partial charge in [-0.05, 0) is 59.1 Å².